The number of carbonyl (C=O) groups is 2. The molecule has 0 aromatic heterocycles. The number of fused-ring (bicyclic) bond motifs is 5. The van der Waals surface area contributed by atoms with E-state index in [1.165, 1.54) is 0 Å². The molecule has 0 amide bonds. The van der Waals surface area contributed by atoms with E-state index >= 15 is 4.39 Å². The molecule has 0 saturated heterocycles. The second kappa shape index (κ2) is 5.25. The first kappa shape index (κ1) is 17.4. The van der Waals surface area contributed by atoms with Crippen LogP contribution in [0.5, 0.6) is 0 Å². The van der Waals surface area contributed by atoms with Crippen LogP contribution in [0.4, 0.5) is 4.39 Å². The Morgan fingerprint density at radius 1 is 1.20 bits per heavy atom. The number of ketones is 2. The van der Waals surface area contributed by atoms with Gasteiger partial charge in [0.1, 0.15) is 11.5 Å². The number of hydrogen-bond acceptors (Lipinski definition) is 3. The molecule has 3 fully saturated rings. The van der Waals surface area contributed by atoms with Gasteiger partial charge in [-0.15, -0.1) is 0 Å². The zero-order valence-electron chi connectivity index (χ0n) is 15.5. The van der Waals surface area contributed by atoms with E-state index in [0.717, 1.165) is 24.8 Å². The highest BCUT2D eigenvalue weighted by molar-refractivity contribution is 5.91. The van der Waals surface area contributed by atoms with Crippen molar-refractivity contribution in [2.24, 2.45) is 28.6 Å². The highest BCUT2D eigenvalue weighted by Gasteiger charge is 2.70. The molecule has 0 aromatic carbocycles. The predicted octanol–water partition coefficient (Wildman–Crippen LogP) is 3.79. The van der Waals surface area contributed by atoms with Gasteiger partial charge in [-0.1, -0.05) is 19.4 Å². The Labute approximate surface area is 149 Å². The van der Waals surface area contributed by atoms with Crippen molar-refractivity contribution in [3.8, 4) is 0 Å². The number of rotatable bonds is 1. The van der Waals surface area contributed by atoms with Crippen molar-refractivity contribution in [2.75, 3.05) is 0 Å². The fourth-order valence-corrected chi connectivity index (χ4v) is 7.24. The Hall–Kier alpha value is -1.03. The van der Waals surface area contributed by atoms with E-state index in [2.05, 4.69) is 6.92 Å². The summed E-state index contributed by atoms with van der Waals surface area (Å²) in [5.74, 6) is 0.123. The lowest BCUT2D eigenvalue weighted by molar-refractivity contribution is -0.208. The Bertz CT molecular complexity index is 670. The number of aliphatic hydroxyl groups is 1. The molecule has 25 heavy (non-hydrogen) atoms. The van der Waals surface area contributed by atoms with Crippen molar-refractivity contribution in [3.05, 3.63) is 11.6 Å². The lowest BCUT2D eigenvalue weighted by Crippen LogP contribution is -2.67. The molecule has 7 atom stereocenters. The third-order valence-corrected chi connectivity index (χ3v) is 8.53. The lowest BCUT2D eigenvalue weighted by Gasteiger charge is -2.62. The fourth-order valence-electron chi connectivity index (χ4n) is 7.24. The number of Topliss-reactive ketones (excluding diaryl/α,β-unsaturated/α-hetero) is 1. The van der Waals surface area contributed by atoms with E-state index < -0.39 is 17.2 Å². The minimum Gasteiger partial charge on any atom is -0.390 e. The first-order valence-corrected chi connectivity index (χ1v) is 9.76. The molecular formula is C21H29FO3. The molecule has 0 bridgehead atoms. The van der Waals surface area contributed by atoms with Crippen LogP contribution in [-0.2, 0) is 9.59 Å². The van der Waals surface area contributed by atoms with Gasteiger partial charge in [0.25, 0.3) is 0 Å². The second-order valence-corrected chi connectivity index (χ2v) is 9.45. The third kappa shape index (κ3) is 2.01. The molecule has 3 saturated carbocycles. The highest BCUT2D eigenvalue weighted by atomic mass is 19.1. The number of carbonyl (C=O) groups excluding carboxylic acids is 2. The van der Waals surface area contributed by atoms with Crippen LogP contribution in [0.25, 0.3) is 0 Å². The average molecular weight is 348 g/mol. The summed E-state index contributed by atoms with van der Waals surface area (Å²) in [5.41, 5.74) is -1.84. The topological polar surface area (TPSA) is 54.4 Å². The molecule has 4 heteroatoms. The third-order valence-electron chi connectivity index (χ3n) is 8.53. The van der Waals surface area contributed by atoms with Gasteiger partial charge < -0.3 is 5.11 Å². The van der Waals surface area contributed by atoms with Gasteiger partial charge in [-0.3, -0.25) is 9.59 Å². The Kier molecular flexibility index (Phi) is 3.65. The number of hydrogen-bond donors (Lipinski definition) is 1. The smallest absolute Gasteiger partial charge is 0.155 e. The summed E-state index contributed by atoms with van der Waals surface area (Å²) >= 11 is 0. The SMILES string of the molecule is CC(=O)[C@H]1CC[C@H]2[C@@H]3CCC4=CC(=O)CC[C@]4(C)[C@@]3(F)[C@@H](O)C[C@]12C. The fraction of sp³-hybridized carbons (Fsp3) is 0.810. The van der Waals surface area contributed by atoms with Gasteiger partial charge in [0.05, 0.1) is 6.10 Å². The molecule has 138 valence electrons. The Balaban J connectivity index is 1.79. The van der Waals surface area contributed by atoms with E-state index in [9.17, 15) is 14.7 Å². The maximum absolute atomic E-state index is 16.7. The monoisotopic (exact) mass is 348 g/mol. The summed E-state index contributed by atoms with van der Waals surface area (Å²) < 4.78 is 16.7. The summed E-state index contributed by atoms with van der Waals surface area (Å²) in [4.78, 5) is 24.0. The van der Waals surface area contributed by atoms with Gasteiger partial charge in [-0.2, -0.15) is 0 Å². The van der Waals surface area contributed by atoms with Crippen LogP contribution in [0.2, 0.25) is 0 Å². The zero-order chi connectivity index (χ0) is 18.2. The van der Waals surface area contributed by atoms with Gasteiger partial charge in [-0.25, -0.2) is 4.39 Å². The van der Waals surface area contributed by atoms with Crippen molar-refractivity contribution in [2.45, 2.75) is 77.5 Å². The van der Waals surface area contributed by atoms with Crippen molar-refractivity contribution in [3.63, 3.8) is 0 Å². The van der Waals surface area contributed by atoms with Gasteiger partial charge in [0.15, 0.2) is 5.78 Å². The van der Waals surface area contributed by atoms with Crippen LogP contribution < -0.4 is 0 Å². The summed E-state index contributed by atoms with van der Waals surface area (Å²) in [7, 11) is 0. The van der Waals surface area contributed by atoms with Crippen LogP contribution in [0.1, 0.15) is 65.7 Å². The maximum Gasteiger partial charge on any atom is 0.155 e. The van der Waals surface area contributed by atoms with E-state index in [1.807, 2.05) is 6.92 Å². The summed E-state index contributed by atoms with van der Waals surface area (Å²) in [6.45, 7) is 5.65. The van der Waals surface area contributed by atoms with Crippen molar-refractivity contribution >= 4 is 11.6 Å². The number of aliphatic hydroxyl groups excluding tert-OH is 1. The molecule has 0 aromatic rings. The molecule has 3 nitrogen and oxygen atoms in total. The standard InChI is InChI=1S/C21H29FO3/c1-12(23)15-6-7-16-17-5-4-13-10-14(24)8-9-20(13,3)21(17,22)18(25)11-19(15,16)2/h10,15-18,25H,4-9,11H2,1-3H3/t15-,16+,17+,18+,19-,20+,21+/m1/s1. The lowest BCUT2D eigenvalue weighted by atomic mass is 9.44. The molecule has 4 aliphatic carbocycles. The van der Waals surface area contributed by atoms with E-state index in [1.54, 1.807) is 13.0 Å². The summed E-state index contributed by atoms with van der Waals surface area (Å²) in [6.07, 6.45) is 4.88. The number of halogens is 1. The largest absolute Gasteiger partial charge is 0.390 e. The van der Waals surface area contributed by atoms with Crippen LogP contribution >= 0.6 is 0 Å². The quantitative estimate of drug-likeness (QED) is 0.784. The maximum atomic E-state index is 16.7. The van der Waals surface area contributed by atoms with Crippen LogP contribution in [0, 0.1) is 28.6 Å². The average Bonchev–Trinajstić information content (AvgIpc) is 2.87. The molecule has 0 unspecified atom stereocenters. The molecule has 0 radical (unpaired) electrons. The summed E-state index contributed by atoms with van der Waals surface area (Å²) in [6, 6.07) is 0. The van der Waals surface area contributed by atoms with Crippen LogP contribution in [-0.4, -0.2) is 28.4 Å². The minimum absolute atomic E-state index is 0.0608. The summed E-state index contributed by atoms with van der Waals surface area (Å²) in [5, 5.41) is 11.0. The Morgan fingerprint density at radius 2 is 1.92 bits per heavy atom. The van der Waals surface area contributed by atoms with Gasteiger partial charge >= 0.3 is 0 Å². The predicted molar refractivity (Wildman–Crippen MR) is 92.6 cm³/mol. The van der Waals surface area contributed by atoms with Gasteiger partial charge in [0, 0.05) is 23.7 Å². The second-order valence-electron chi connectivity index (χ2n) is 9.45. The normalized spacial score (nSPS) is 52.0. The highest BCUT2D eigenvalue weighted by Crippen LogP contribution is 2.69. The van der Waals surface area contributed by atoms with E-state index in [0.29, 0.717) is 25.7 Å². The zero-order valence-corrected chi connectivity index (χ0v) is 15.5. The van der Waals surface area contributed by atoms with E-state index in [4.69, 9.17) is 0 Å². The molecule has 0 spiro atoms. The number of allylic oxidation sites excluding steroid dienone is 1. The first-order chi connectivity index (χ1) is 11.6. The number of alkyl halides is 1. The molecule has 0 heterocycles. The molecule has 0 aliphatic heterocycles. The Morgan fingerprint density at radius 3 is 2.60 bits per heavy atom. The van der Waals surface area contributed by atoms with Crippen LogP contribution in [0.15, 0.2) is 11.6 Å². The van der Waals surface area contributed by atoms with Gasteiger partial charge in [0.2, 0.25) is 0 Å². The molecule has 1 N–H and O–H groups in total. The molecule has 4 rings (SSSR count). The molecular weight excluding hydrogens is 319 g/mol. The van der Waals surface area contributed by atoms with Gasteiger partial charge in [-0.05, 0) is 62.9 Å². The molecule has 4 aliphatic rings. The first-order valence-electron chi connectivity index (χ1n) is 9.76. The van der Waals surface area contributed by atoms with Crippen molar-refractivity contribution in [1.29, 1.82) is 0 Å². The van der Waals surface area contributed by atoms with Crippen LogP contribution in [0.3, 0.4) is 0 Å². The minimum atomic E-state index is -1.69. The van der Waals surface area contributed by atoms with Crippen molar-refractivity contribution in [1.82, 2.24) is 0 Å². The van der Waals surface area contributed by atoms with Crippen molar-refractivity contribution < 1.29 is 19.1 Å². The van der Waals surface area contributed by atoms with E-state index in [-0.39, 0.29) is 34.7 Å².